The van der Waals surface area contributed by atoms with Gasteiger partial charge in [-0.05, 0) is 48.3 Å². The van der Waals surface area contributed by atoms with Crippen LogP contribution in [0.15, 0.2) is 54.6 Å². The molecule has 0 fully saturated rings. The molecule has 0 aliphatic carbocycles. The third kappa shape index (κ3) is 4.54. The number of allylic oxidation sites excluding steroid dienone is 1. The van der Waals surface area contributed by atoms with Crippen molar-refractivity contribution in [2.45, 2.75) is 19.9 Å². The maximum absolute atomic E-state index is 10.9. The lowest BCUT2D eigenvalue weighted by Gasteiger charge is -2.15. The first-order valence-corrected chi connectivity index (χ1v) is 7.78. The van der Waals surface area contributed by atoms with Gasteiger partial charge in [0, 0.05) is 12.6 Å². The van der Waals surface area contributed by atoms with Gasteiger partial charge in [-0.15, -0.1) is 0 Å². The molecule has 0 amide bonds. The van der Waals surface area contributed by atoms with Crippen molar-refractivity contribution in [3.05, 3.63) is 65.7 Å². The Morgan fingerprint density at radius 1 is 1.09 bits per heavy atom. The lowest BCUT2D eigenvalue weighted by Crippen LogP contribution is -2.11. The smallest absolute Gasteiger partial charge is 0.328 e. The molecule has 3 heteroatoms. The fourth-order valence-electron chi connectivity index (χ4n) is 2.68. The molecular formula is C20H23NO2. The highest BCUT2D eigenvalue weighted by atomic mass is 16.4. The molecule has 3 nitrogen and oxygen atoms in total. The highest BCUT2D eigenvalue weighted by Gasteiger charge is 2.07. The highest BCUT2D eigenvalue weighted by molar-refractivity contribution is 5.90. The molecule has 2 aromatic rings. The van der Waals surface area contributed by atoms with Gasteiger partial charge < -0.3 is 10.0 Å². The topological polar surface area (TPSA) is 40.5 Å². The van der Waals surface area contributed by atoms with Crippen molar-refractivity contribution in [1.29, 1.82) is 0 Å². The minimum atomic E-state index is -0.901. The van der Waals surface area contributed by atoms with Crippen LogP contribution in [0, 0.1) is 0 Å². The number of benzene rings is 2. The minimum absolute atomic E-state index is 0.697. The first kappa shape index (κ1) is 17.0. The lowest BCUT2D eigenvalue weighted by atomic mass is 9.96. The van der Waals surface area contributed by atoms with Gasteiger partial charge in [-0.25, -0.2) is 4.79 Å². The predicted molar refractivity (Wildman–Crippen MR) is 95.2 cm³/mol. The van der Waals surface area contributed by atoms with Crippen molar-refractivity contribution in [3.63, 3.8) is 0 Å². The summed E-state index contributed by atoms with van der Waals surface area (Å²) in [6.07, 6.45) is 1.98. The standard InChI is InChI=1S/C20H23NO2/c1-4-15(13-20(22)23)16-9-11-17(12-10-16)19-8-6-5-7-18(19)14-21(2)3/h5-13H,4,14H2,1-3H3,(H,22,23)/b15-13+. The summed E-state index contributed by atoms with van der Waals surface area (Å²) < 4.78 is 0. The van der Waals surface area contributed by atoms with Crippen molar-refractivity contribution < 1.29 is 9.90 Å². The van der Waals surface area contributed by atoms with Crippen LogP contribution in [0.4, 0.5) is 0 Å². The number of nitrogens with zero attached hydrogens (tertiary/aromatic N) is 1. The van der Waals surface area contributed by atoms with E-state index in [4.69, 9.17) is 5.11 Å². The minimum Gasteiger partial charge on any atom is -0.478 e. The summed E-state index contributed by atoms with van der Waals surface area (Å²) >= 11 is 0. The van der Waals surface area contributed by atoms with Crippen molar-refractivity contribution in [3.8, 4) is 11.1 Å². The molecule has 0 saturated carbocycles. The Morgan fingerprint density at radius 3 is 2.30 bits per heavy atom. The SMILES string of the molecule is CC/C(=C\C(=O)O)c1ccc(-c2ccccc2CN(C)C)cc1. The van der Waals surface area contributed by atoms with Gasteiger partial charge in [0.05, 0.1) is 0 Å². The maximum atomic E-state index is 10.9. The zero-order valence-electron chi connectivity index (χ0n) is 13.9. The summed E-state index contributed by atoms with van der Waals surface area (Å²) in [4.78, 5) is 13.0. The van der Waals surface area contributed by atoms with Crippen LogP contribution in [0.1, 0.15) is 24.5 Å². The number of aliphatic carboxylic acids is 1. The first-order valence-electron chi connectivity index (χ1n) is 7.78. The van der Waals surface area contributed by atoms with Gasteiger partial charge in [-0.1, -0.05) is 55.5 Å². The van der Waals surface area contributed by atoms with Gasteiger partial charge in [0.25, 0.3) is 0 Å². The van der Waals surface area contributed by atoms with Gasteiger partial charge in [-0.3, -0.25) is 0 Å². The fourth-order valence-corrected chi connectivity index (χ4v) is 2.68. The Kier molecular flexibility index (Phi) is 5.72. The number of carbonyl (C=O) groups is 1. The molecule has 2 rings (SSSR count). The lowest BCUT2D eigenvalue weighted by molar-refractivity contribution is -0.131. The zero-order valence-corrected chi connectivity index (χ0v) is 13.9. The summed E-state index contributed by atoms with van der Waals surface area (Å²) in [6.45, 7) is 2.85. The average Bonchev–Trinajstić information content (AvgIpc) is 2.53. The number of carboxylic acids is 1. The van der Waals surface area contributed by atoms with Crippen LogP contribution in [0.2, 0.25) is 0 Å². The molecule has 0 unspecified atom stereocenters. The van der Waals surface area contributed by atoms with Crippen LogP contribution in [0.25, 0.3) is 16.7 Å². The van der Waals surface area contributed by atoms with Crippen molar-refractivity contribution in [1.82, 2.24) is 4.90 Å². The van der Waals surface area contributed by atoms with Crippen molar-refractivity contribution >= 4 is 11.5 Å². The summed E-state index contributed by atoms with van der Waals surface area (Å²) in [5.41, 5.74) is 5.45. The van der Waals surface area contributed by atoms with Crippen LogP contribution in [0.3, 0.4) is 0 Å². The molecule has 0 spiro atoms. The molecule has 2 aromatic carbocycles. The molecule has 0 aliphatic heterocycles. The number of carboxylic acid groups (broad SMARTS) is 1. The molecule has 0 atom stereocenters. The molecule has 0 aliphatic rings. The molecule has 0 bridgehead atoms. The second kappa shape index (κ2) is 7.75. The summed E-state index contributed by atoms with van der Waals surface area (Å²) in [6, 6.07) is 16.5. The van der Waals surface area contributed by atoms with Gasteiger partial charge >= 0.3 is 5.97 Å². The molecule has 0 heterocycles. The van der Waals surface area contributed by atoms with Crippen LogP contribution in [-0.2, 0) is 11.3 Å². The molecular weight excluding hydrogens is 286 g/mol. The van der Waals surface area contributed by atoms with E-state index < -0.39 is 5.97 Å². The zero-order chi connectivity index (χ0) is 16.8. The largest absolute Gasteiger partial charge is 0.478 e. The van der Waals surface area contributed by atoms with Crippen LogP contribution >= 0.6 is 0 Å². The number of hydrogen-bond acceptors (Lipinski definition) is 2. The van der Waals surface area contributed by atoms with E-state index in [1.165, 1.54) is 17.2 Å². The average molecular weight is 309 g/mol. The molecule has 23 heavy (non-hydrogen) atoms. The third-order valence-electron chi connectivity index (χ3n) is 3.75. The Morgan fingerprint density at radius 2 is 1.74 bits per heavy atom. The van der Waals surface area contributed by atoms with Gasteiger partial charge in [0.2, 0.25) is 0 Å². The normalized spacial score (nSPS) is 11.7. The molecule has 0 aromatic heterocycles. The molecule has 0 radical (unpaired) electrons. The van der Waals surface area contributed by atoms with E-state index in [9.17, 15) is 4.79 Å². The summed E-state index contributed by atoms with van der Waals surface area (Å²) in [5, 5.41) is 8.95. The van der Waals surface area contributed by atoms with Crippen molar-refractivity contribution in [2.75, 3.05) is 14.1 Å². The maximum Gasteiger partial charge on any atom is 0.328 e. The van der Waals surface area contributed by atoms with E-state index in [2.05, 4.69) is 49.3 Å². The summed E-state index contributed by atoms with van der Waals surface area (Å²) in [5.74, 6) is -0.901. The van der Waals surface area contributed by atoms with E-state index in [0.717, 1.165) is 23.2 Å². The van der Waals surface area contributed by atoms with E-state index in [-0.39, 0.29) is 0 Å². The van der Waals surface area contributed by atoms with Gasteiger partial charge in [-0.2, -0.15) is 0 Å². The van der Waals surface area contributed by atoms with Crippen LogP contribution in [-0.4, -0.2) is 30.1 Å². The molecule has 120 valence electrons. The number of rotatable bonds is 6. The highest BCUT2D eigenvalue weighted by Crippen LogP contribution is 2.27. The van der Waals surface area contributed by atoms with Crippen molar-refractivity contribution in [2.24, 2.45) is 0 Å². The second-order valence-electron chi connectivity index (χ2n) is 5.83. The predicted octanol–water partition coefficient (Wildman–Crippen LogP) is 4.29. The molecule has 0 saturated heterocycles. The number of hydrogen-bond donors (Lipinski definition) is 1. The second-order valence-corrected chi connectivity index (χ2v) is 5.83. The first-order chi connectivity index (χ1) is 11.0. The Labute approximate surface area is 137 Å². The Balaban J connectivity index is 2.35. The third-order valence-corrected chi connectivity index (χ3v) is 3.75. The van der Waals surface area contributed by atoms with E-state index in [1.807, 2.05) is 25.1 Å². The monoisotopic (exact) mass is 309 g/mol. The van der Waals surface area contributed by atoms with Crippen LogP contribution in [0.5, 0.6) is 0 Å². The van der Waals surface area contributed by atoms with E-state index in [0.29, 0.717) is 6.42 Å². The molecule has 1 N–H and O–H groups in total. The quantitative estimate of drug-likeness (QED) is 0.809. The van der Waals surface area contributed by atoms with Crippen LogP contribution < -0.4 is 0 Å². The Hall–Kier alpha value is -2.39. The van der Waals surface area contributed by atoms with Gasteiger partial charge in [0.15, 0.2) is 0 Å². The van der Waals surface area contributed by atoms with E-state index in [1.54, 1.807) is 0 Å². The fraction of sp³-hybridized carbons (Fsp3) is 0.250. The summed E-state index contributed by atoms with van der Waals surface area (Å²) in [7, 11) is 4.12. The Bertz CT molecular complexity index is 700. The van der Waals surface area contributed by atoms with Gasteiger partial charge in [0.1, 0.15) is 0 Å². The van der Waals surface area contributed by atoms with E-state index >= 15 is 0 Å².